The SMILES string of the molecule is C=C/C(O)=C(\C=C/C)n1nc(C)c(/C=C(/Cl)C=C)n1. The van der Waals surface area contributed by atoms with Crippen molar-refractivity contribution in [1.82, 2.24) is 15.0 Å². The van der Waals surface area contributed by atoms with Crippen LogP contribution in [-0.2, 0) is 0 Å². The Morgan fingerprint density at radius 3 is 2.53 bits per heavy atom. The first-order valence-corrected chi connectivity index (χ1v) is 6.03. The third kappa shape index (κ3) is 3.69. The minimum absolute atomic E-state index is 0.00144. The first kappa shape index (κ1) is 15.0. The molecule has 0 spiro atoms. The smallest absolute Gasteiger partial charge is 0.142 e. The summed E-state index contributed by atoms with van der Waals surface area (Å²) in [6.45, 7) is 10.7. The largest absolute Gasteiger partial charge is 0.506 e. The van der Waals surface area contributed by atoms with Gasteiger partial charge in [-0.25, -0.2) is 0 Å². The molecular weight excluding hydrogens is 262 g/mol. The molecule has 0 saturated heterocycles. The fraction of sp³-hybridized carbons (Fsp3) is 0.143. The first-order valence-electron chi connectivity index (χ1n) is 5.65. The number of aliphatic hydroxyl groups excluding tert-OH is 1. The third-order valence-corrected chi connectivity index (χ3v) is 2.55. The fourth-order valence-electron chi connectivity index (χ4n) is 1.34. The predicted octanol–water partition coefficient (Wildman–Crippen LogP) is 3.84. The summed E-state index contributed by atoms with van der Waals surface area (Å²) in [6, 6.07) is 0. The lowest BCUT2D eigenvalue weighted by atomic mass is 10.3. The van der Waals surface area contributed by atoms with Gasteiger partial charge in [0.15, 0.2) is 0 Å². The van der Waals surface area contributed by atoms with Crippen molar-refractivity contribution in [1.29, 1.82) is 0 Å². The summed E-state index contributed by atoms with van der Waals surface area (Å²) < 4.78 is 0. The molecular formula is C14H16ClN3O. The molecule has 0 fully saturated rings. The highest BCUT2D eigenvalue weighted by atomic mass is 35.5. The van der Waals surface area contributed by atoms with Crippen molar-refractivity contribution in [3.63, 3.8) is 0 Å². The molecule has 0 atom stereocenters. The second-order valence-electron chi connectivity index (χ2n) is 3.67. The molecule has 0 radical (unpaired) electrons. The van der Waals surface area contributed by atoms with Crippen LogP contribution in [-0.4, -0.2) is 20.1 Å². The van der Waals surface area contributed by atoms with Crippen LogP contribution in [0.4, 0.5) is 0 Å². The molecule has 0 aromatic carbocycles. The van der Waals surface area contributed by atoms with E-state index < -0.39 is 0 Å². The van der Waals surface area contributed by atoms with Crippen molar-refractivity contribution in [2.45, 2.75) is 13.8 Å². The zero-order chi connectivity index (χ0) is 14.4. The van der Waals surface area contributed by atoms with Crippen LogP contribution in [0.15, 0.2) is 48.3 Å². The lowest BCUT2D eigenvalue weighted by molar-refractivity contribution is 0.430. The summed E-state index contributed by atoms with van der Waals surface area (Å²) in [7, 11) is 0. The number of aryl methyl sites for hydroxylation is 1. The van der Waals surface area contributed by atoms with Crippen LogP contribution in [0.25, 0.3) is 11.8 Å². The summed E-state index contributed by atoms with van der Waals surface area (Å²) in [6.07, 6.45) is 7.98. The molecule has 1 aromatic rings. The van der Waals surface area contributed by atoms with Crippen LogP contribution in [0.3, 0.4) is 0 Å². The molecule has 1 rings (SSSR count). The van der Waals surface area contributed by atoms with Crippen molar-refractivity contribution in [2.24, 2.45) is 0 Å². The number of nitrogens with zero attached hydrogens (tertiary/aromatic N) is 3. The molecule has 19 heavy (non-hydrogen) atoms. The van der Waals surface area contributed by atoms with Gasteiger partial charge in [0.1, 0.15) is 17.2 Å². The van der Waals surface area contributed by atoms with Crippen molar-refractivity contribution in [2.75, 3.05) is 0 Å². The quantitative estimate of drug-likeness (QED) is 0.657. The topological polar surface area (TPSA) is 50.9 Å². The van der Waals surface area contributed by atoms with Gasteiger partial charge in [0.25, 0.3) is 0 Å². The lowest BCUT2D eigenvalue weighted by Gasteiger charge is -2.01. The van der Waals surface area contributed by atoms with E-state index in [4.69, 9.17) is 11.6 Å². The number of hydrogen-bond donors (Lipinski definition) is 1. The molecule has 0 unspecified atom stereocenters. The predicted molar refractivity (Wildman–Crippen MR) is 79.6 cm³/mol. The van der Waals surface area contributed by atoms with E-state index in [-0.39, 0.29) is 5.76 Å². The van der Waals surface area contributed by atoms with Crippen molar-refractivity contribution < 1.29 is 5.11 Å². The van der Waals surface area contributed by atoms with Gasteiger partial charge in [0.2, 0.25) is 0 Å². The Morgan fingerprint density at radius 2 is 2.00 bits per heavy atom. The zero-order valence-corrected chi connectivity index (χ0v) is 11.7. The third-order valence-electron chi connectivity index (χ3n) is 2.28. The highest BCUT2D eigenvalue weighted by molar-refractivity contribution is 6.33. The first-order chi connectivity index (χ1) is 9.03. The van der Waals surface area contributed by atoms with Gasteiger partial charge in [-0.3, -0.25) is 0 Å². The molecule has 0 amide bonds. The molecule has 1 heterocycles. The molecule has 0 bridgehead atoms. The van der Waals surface area contributed by atoms with Gasteiger partial charge in [-0.2, -0.15) is 5.10 Å². The van der Waals surface area contributed by atoms with E-state index in [9.17, 15) is 5.11 Å². The maximum atomic E-state index is 9.78. The average Bonchev–Trinajstić information content (AvgIpc) is 2.76. The van der Waals surface area contributed by atoms with E-state index in [1.807, 2.05) is 6.92 Å². The van der Waals surface area contributed by atoms with Crippen molar-refractivity contribution in [3.8, 4) is 0 Å². The molecule has 4 nitrogen and oxygen atoms in total. The molecule has 0 aliphatic carbocycles. The molecule has 0 aliphatic heterocycles. The maximum Gasteiger partial charge on any atom is 0.142 e. The summed E-state index contributed by atoms with van der Waals surface area (Å²) in [4.78, 5) is 1.34. The minimum atomic E-state index is -0.00144. The maximum absolute atomic E-state index is 9.78. The van der Waals surface area contributed by atoms with E-state index >= 15 is 0 Å². The number of aliphatic hydroxyl groups is 1. The van der Waals surface area contributed by atoms with E-state index in [1.165, 1.54) is 16.9 Å². The standard InChI is InChI=1S/C14H16ClN3O/c1-5-8-13(14(19)7-3)18-16-10(4)12(17-18)9-11(15)6-2/h5-9,19H,2-3H2,1,4H3/b8-5-,11-9+,14-13-. The lowest BCUT2D eigenvalue weighted by Crippen LogP contribution is -2.02. The van der Waals surface area contributed by atoms with Gasteiger partial charge in [-0.15, -0.1) is 9.90 Å². The number of rotatable bonds is 5. The summed E-state index contributed by atoms with van der Waals surface area (Å²) >= 11 is 5.89. The Hall–Kier alpha value is -2.07. The average molecular weight is 278 g/mol. The molecule has 1 aromatic heterocycles. The van der Waals surface area contributed by atoms with Gasteiger partial charge >= 0.3 is 0 Å². The number of allylic oxidation sites excluding steroid dienone is 6. The van der Waals surface area contributed by atoms with Crippen LogP contribution >= 0.6 is 11.6 Å². The highest BCUT2D eigenvalue weighted by Gasteiger charge is 2.10. The Balaban J connectivity index is 3.33. The van der Waals surface area contributed by atoms with E-state index in [2.05, 4.69) is 23.4 Å². The Kier molecular flexibility index (Phi) is 5.33. The molecule has 1 N–H and O–H groups in total. The van der Waals surface area contributed by atoms with Crippen LogP contribution in [0, 0.1) is 6.92 Å². The van der Waals surface area contributed by atoms with Gasteiger partial charge in [-0.1, -0.05) is 36.9 Å². The van der Waals surface area contributed by atoms with Crippen LogP contribution in [0.2, 0.25) is 0 Å². The Labute approximate surface area is 117 Å². The monoisotopic (exact) mass is 277 g/mol. The van der Waals surface area contributed by atoms with Gasteiger partial charge < -0.3 is 5.11 Å². The van der Waals surface area contributed by atoms with Gasteiger partial charge in [-0.05, 0) is 32.1 Å². The highest BCUT2D eigenvalue weighted by Crippen LogP contribution is 2.15. The number of halogens is 1. The molecule has 0 saturated carbocycles. The van der Waals surface area contributed by atoms with Crippen LogP contribution in [0.1, 0.15) is 18.3 Å². The second kappa shape index (κ2) is 6.75. The van der Waals surface area contributed by atoms with E-state index in [0.29, 0.717) is 22.1 Å². The zero-order valence-electron chi connectivity index (χ0n) is 11.0. The summed E-state index contributed by atoms with van der Waals surface area (Å²) in [5.41, 5.74) is 1.75. The van der Waals surface area contributed by atoms with Crippen LogP contribution < -0.4 is 0 Å². The van der Waals surface area contributed by atoms with E-state index in [1.54, 1.807) is 25.2 Å². The second-order valence-corrected chi connectivity index (χ2v) is 4.10. The summed E-state index contributed by atoms with van der Waals surface area (Å²) in [5.74, 6) is -0.00144. The van der Waals surface area contributed by atoms with Crippen molar-refractivity contribution >= 4 is 23.4 Å². The Morgan fingerprint density at radius 1 is 1.32 bits per heavy atom. The molecule has 100 valence electrons. The van der Waals surface area contributed by atoms with Gasteiger partial charge in [0, 0.05) is 5.03 Å². The number of aromatic nitrogens is 3. The van der Waals surface area contributed by atoms with Crippen molar-refractivity contribution in [3.05, 3.63) is 59.6 Å². The minimum Gasteiger partial charge on any atom is -0.506 e. The molecule has 0 aliphatic rings. The fourth-order valence-corrected chi connectivity index (χ4v) is 1.44. The van der Waals surface area contributed by atoms with Crippen LogP contribution in [0.5, 0.6) is 0 Å². The number of hydrogen-bond acceptors (Lipinski definition) is 3. The summed E-state index contributed by atoms with van der Waals surface area (Å²) in [5, 5.41) is 18.8. The Bertz CT molecular complexity index is 580. The van der Waals surface area contributed by atoms with Gasteiger partial charge in [0.05, 0.1) is 5.69 Å². The molecule has 5 heteroatoms. The van der Waals surface area contributed by atoms with E-state index in [0.717, 1.165) is 0 Å². The normalized spacial score (nSPS) is 13.5.